The van der Waals surface area contributed by atoms with E-state index < -0.39 is 5.66 Å². The van der Waals surface area contributed by atoms with E-state index in [1.54, 1.807) is 0 Å². The zero-order chi connectivity index (χ0) is 11.6. The standard InChI is InChI=1S/C10H21N5/c1-5-7(2)6-15-9(12)13-8(11)14-10(15,3)4/h7H,5-6H2,1-4H3,(H4,11,12,13,14). The summed E-state index contributed by atoms with van der Waals surface area (Å²) in [7, 11) is 0. The molecule has 15 heavy (non-hydrogen) atoms. The molecule has 0 saturated heterocycles. The molecule has 5 heteroatoms. The minimum atomic E-state index is -0.421. The summed E-state index contributed by atoms with van der Waals surface area (Å²) in [5, 5.41) is 10.6. The van der Waals surface area contributed by atoms with E-state index in [4.69, 9.17) is 11.1 Å². The summed E-state index contributed by atoms with van der Waals surface area (Å²) in [4.78, 5) is 6.24. The normalized spacial score (nSPS) is 22.0. The van der Waals surface area contributed by atoms with Gasteiger partial charge in [-0.25, -0.2) is 4.99 Å². The highest BCUT2D eigenvalue weighted by Crippen LogP contribution is 2.20. The van der Waals surface area contributed by atoms with Gasteiger partial charge in [0.25, 0.3) is 0 Å². The van der Waals surface area contributed by atoms with Crippen molar-refractivity contribution in [2.75, 3.05) is 6.54 Å². The molecule has 0 saturated carbocycles. The van der Waals surface area contributed by atoms with Crippen molar-refractivity contribution in [3.63, 3.8) is 0 Å². The molecule has 0 aliphatic carbocycles. The van der Waals surface area contributed by atoms with Gasteiger partial charge in [0.1, 0.15) is 5.66 Å². The molecule has 1 atom stereocenters. The van der Waals surface area contributed by atoms with Crippen LogP contribution in [0.2, 0.25) is 0 Å². The second-order valence-corrected chi connectivity index (χ2v) is 4.59. The summed E-state index contributed by atoms with van der Waals surface area (Å²) in [6.45, 7) is 9.09. The van der Waals surface area contributed by atoms with Crippen LogP contribution in [-0.4, -0.2) is 29.0 Å². The maximum atomic E-state index is 7.85. The fourth-order valence-corrected chi connectivity index (χ4v) is 1.60. The zero-order valence-corrected chi connectivity index (χ0v) is 9.96. The highest BCUT2D eigenvalue weighted by molar-refractivity contribution is 5.98. The van der Waals surface area contributed by atoms with Crippen LogP contribution in [0.5, 0.6) is 0 Å². The van der Waals surface area contributed by atoms with Gasteiger partial charge in [-0.15, -0.1) is 0 Å². The first-order chi connectivity index (χ1) is 6.86. The molecule has 1 unspecified atom stereocenters. The summed E-state index contributed by atoms with van der Waals surface area (Å²) in [6, 6.07) is 0. The number of hydrogen-bond donors (Lipinski definition) is 3. The lowest BCUT2D eigenvalue weighted by molar-refractivity contribution is 0.185. The van der Waals surface area contributed by atoms with Crippen LogP contribution in [0.4, 0.5) is 0 Å². The highest BCUT2D eigenvalue weighted by atomic mass is 15.4. The van der Waals surface area contributed by atoms with E-state index in [1.807, 2.05) is 18.7 Å². The van der Waals surface area contributed by atoms with E-state index in [0.717, 1.165) is 13.0 Å². The number of nitrogens with zero attached hydrogens (tertiary/aromatic N) is 2. The van der Waals surface area contributed by atoms with E-state index in [-0.39, 0.29) is 0 Å². The molecule has 86 valence electrons. The van der Waals surface area contributed by atoms with Crippen LogP contribution >= 0.6 is 0 Å². The Morgan fingerprint density at radius 3 is 2.67 bits per heavy atom. The van der Waals surface area contributed by atoms with Gasteiger partial charge >= 0.3 is 0 Å². The predicted molar refractivity (Wildman–Crippen MR) is 62.7 cm³/mol. The molecule has 0 aromatic carbocycles. The van der Waals surface area contributed by atoms with Gasteiger partial charge in [-0.1, -0.05) is 20.3 Å². The van der Waals surface area contributed by atoms with Gasteiger partial charge in [-0.3, -0.25) is 10.7 Å². The Morgan fingerprint density at radius 1 is 1.60 bits per heavy atom. The third-order valence-corrected chi connectivity index (χ3v) is 2.76. The van der Waals surface area contributed by atoms with Gasteiger partial charge in [0.15, 0.2) is 11.9 Å². The summed E-state index contributed by atoms with van der Waals surface area (Å²) in [5.41, 5.74) is 5.18. The van der Waals surface area contributed by atoms with Gasteiger partial charge in [-0.05, 0) is 19.8 Å². The van der Waals surface area contributed by atoms with Crippen molar-refractivity contribution in [2.45, 2.75) is 39.8 Å². The van der Waals surface area contributed by atoms with Gasteiger partial charge in [0.2, 0.25) is 0 Å². The zero-order valence-electron chi connectivity index (χ0n) is 9.96. The SMILES string of the molecule is CCC(C)CN1C(=N)NC(N)=NC1(C)C. The van der Waals surface area contributed by atoms with Crippen molar-refractivity contribution >= 4 is 11.9 Å². The molecule has 0 aromatic rings. The molecular formula is C10H21N5. The molecule has 0 amide bonds. The molecule has 1 rings (SSSR count). The minimum Gasteiger partial charge on any atom is -0.370 e. The molecule has 1 heterocycles. The van der Waals surface area contributed by atoms with Gasteiger partial charge < -0.3 is 10.6 Å². The van der Waals surface area contributed by atoms with Crippen molar-refractivity contribution < 1.29 is 0 Å². The van der Waals surface area contributed by atoms with Crippen molar-refractivity contribution in [1.29, 1.82) is 5.41 Å². The molecule has 0 radical (unpaired) electrons. The molecule has 0 aromatic heterocycles. The van der Waals surface area contributed by atoms with E-state index >= 15 is 0 Å². The third kappa shape index (κ3) is 2.61. The maximum absolute atomic E-state index is 7.85. The van der Waals surface area contributed by atoms with Crippen LogP contribution in [0.1, 0.15) is 34.1 Å². The Morgan fingerprint density at radius 2 is 2.20 bits per heavy atom. The number of nitrogens with two attached hydrogens (primary N) is 1. The smallest absolute Gasteiger partial charge is 0.199 e. The van der Waals surface area contributed by atoms with Crippen molar-refractivity contribution in [3.8, 4) is 0 Å². The monoisotopic (exact) mass is 211 g/mol. The molecule has 4 N–H and O–H groups in total. The third-order valence-electron chi connectivity index (χ3n) is 2.76. The Balaban J connectivity index is 2.83. The average molecular weight is 211 g/mol. The van der Waals surface area contributed by atoms with Crippen LogP contribution in [0, 0.1) is 11.3 Å². The first kappa shape index (κ1) is 11.8. The largest absolute Gasteiger partial charge is 0.370 e. The molecule has 0 bridgehead atoms. The van der Waals surface area contributed by atoms with Crippen LogP contribution in [-0.2, 0) is 0 Å². The van der Waals surface area contributed by atoms with Crippen molar-refractivity contribution in [3.05, 3.63) is 0 Å². The number of aliphatic imine (C=N–C) groups is 1. The quantitative estimate of drug-likeness (QED) is 0.649. The van der Waals surface area contributed by atoms with E-state index in [0.29, 0.717) is 17.8 Å². The van der Waals surface area contributed by atoms with E-state index in [1.165, 1.54) is 0 Å². The topological polar surface area (TPSA) is 77.5 Å². The number of guanidine groups is 2. The average Bonchev–Trinajstić information content (AvgIpc) is 2.09. The van der Waals surface area contributed by atoms with Gasteiger partial charge in [-0.2, -0.15) is 0 Å². The Kier molecular flexibility index (Phi) is 3.21. The van der Waals surface area contributed by atoms with Crippen molar-refractivity contribution in [2.24, 2.45) is 16.6 Å². The lowest BCUT2D eigenvalue weighted by Gasteiger charge is -2.41. The summed E-state index contributed by atoms with van der Waals surface area (Å²) >= 11 is 0. The first-order valence-corrected chi connectivity index (χ1v) is 5.35. The molecule has 1 aliphatic rings. The number of nitrogens with one attached hydrogen (secondary N) is 2. The first-order valence-electron chi connectivity index (χ1n) is 5.35. The Bertz CT molecular complexity index is 282. The van der Waals surface area contributed by atoms with Crippen molar-refractivity contribution in [1.82, 2.24) is 10.2 Å². The van der Waals surface area contributed by atoms with Gasteiger partial charge in [0.05, 0.1) is 0 Å². The highest BCUT2D eigenvalue weighted by Gasteiger charge is 2.33. The fraction of sp³-hybridized carbons (Fsp3) is 0.800. The Hall–Kier alpha value is -1.26. The minimum absolute atomic E-state index is 0.324. The lowest BCUT2D eigenvalue weighted by Crippen LogP contribution is -2.60. The Labute approximate surface area is 91.2 Å². The van der Waals surface area contributed by atoms with E-state index in [9.17, 15) is 0 Å². The molecule has 5 nitrogen and oxygen atoms in total. The van der Waals surface area contributed by atoms with Crippen LogP contribution in [0.3, 0.4) is 0 Å². The van der Waals surface area contributed by atoms with Crippen LogP contribution < -0.4 is 11.1 Å². The molecule has 0 spiro atoms. The second-order valence-electron chi connectivity index (χ2n) is 4.59. The van der Waals surface area contributed by atoms with Crippen LogP contribution in [0.15, 0.2) is 4.99 Å². The number of hydrogen-bond acceptors (Lipinski definition) is 3. The van der Waals surface area contributed by atoms with Crippen LogP contribution in [0.25, 0.3) is 0 Å². The molecular weight excluding hydrogens is 190 g/mol. The summed E-state index contributed by atoms with van der Waals surface area (Å²) < 4.78 is 0. The summed E-state index contributed by atoms with van der Waals surface area (Å²) in [6.07, 6.45) is 1.10. The maximum Gasteiger partial charge on any atom is 0.199 e. The lowest BCUT2D eigenvalue weighted by atomic mass is 10.1. The van der Waals surface area contributed by atoms with E-state index in [2.05, 4.69) is 24.2 Å². The fourth-order valence-electron chi connectivity index (χ4n) is 1.60. The molecule has 1 aliphatic heterocycles. The second kappa shape index (κ2) is 4.08. The van der Waals surface area contributed by atoms with Gasteiger partial charge in [0, 0.05) is 6.54 Å². The summed E-state index contributed by atoms with van der Waals surface area (Å²) in [5.74, 6) is 1.21. The number of rotatable bonds is 3. The molecule has 0 fully saturated rings. The predicted octanol–water partition coefficient (Wildman–Crippen LogP) is 0.923.